The zero-order valence-electron chi connectivity index (χ0n) is 25.4. The molecule has 2 N–H and O–H groups in total. The first-order valence-electron chi connectivity index (χ1n) is 14.2. The average Bonchev–Trinajstić information content (AvgIpc) is 3.19. The van der Waals surface area contributed by atoms with E-state index in [1.807, 2.05) is 6.07 Å². The van der Waals surface area contributed by atoms with Crippen molar-refractivity contribution in [3.8, 4) is 17.6 Å². The quantitative estimate of drug-likeness (QED) is 0.248. The van der Waals surface area contributed by atoms with Crippen LogP contribution in [0.3, 0.4) is 0 Å². The van der Waals surface area contributed by atoms with Crippen molar-refractivity contribution in [2.45, 2.75) is 32.0 Å². The number of anilines is 2. The number of hydrogen-bond donors (Lipinski definition) is 2. The third kappa shape index (κ3) is 7.30. The highest BCUT2D eigenvalue weighted by Gasteiger charge is 2.31. The standard InChI is InChI=1S/C29H35F3N3O2PS/c1-19-18-35(2)15-13-23(19)34-25-9-6-8-21-22(17-29(30,31)32)27(39-28(21)25)10-7-14-33-24-12-11-20(38(4,5)36)16-26(24)37-3/h6,8-9,11-12,16,19,23,33-34H,13-15,17-18H2,1-5H3/t19-,23+/m1/s1/i3D3. The molecule has 1 aliphatic heterocycles. The fraction of sp³-hybridized carbons (Fsp3) is 0.448. The van der Waals surface area contributed by atoms with Crippen molar-refractivity contribution >= 4 is 45.2 Å². The highest BCUT2D eigenvalue weighted by molar-refractivity contribution is 7.70. The van der Waals surface area contributed by atoms with Gasteiger partial charge in [-0.25, -0.2) is 0 Å². The molecule has 210 valence electrons. The maximum absolute atomic E-state index is 13.6. The molecule has 0 bridgehead atoms. The lowest BCUT2D eigenvalue weighted by atomic mass is 9.94. The molecule has 1 aromatic heterocycles. The second-order valence-corrected chi connectivity index (χ2v) is 14.7. The lowest BCUT2D eigenvalue weighted by Gasteiger charge is -2.35. The van der Waals surface area contributed by atoms with Crippen molar-refractivity contribution in [1.29, 1.82) is 0 Å². The number of rotatable bonds is 7. The van der Waals surface area contributed by atoms with E-state index in [1.54, 1.807) is 37.6 Å². The summed E-state index contributed by atoms with van der Waals surface area (Å²) in [6, 6.07) is 10.2. The first-order chi connectivity index (χ1) is 19.5. The molecule has 2 heterocycles. The number of benzene rings is 2. The topological polar surface area (TPSA) is 53.6 Å². The largest absolute Gasteiger partial charge is 0.495 e. The van der Waals surface area contributed by atoms with Crippen LogP contribution in [0.2, 0.25) is 0 Å². The summed E-state index contributed by atoms with van der Waals surface area (Å²) in [6.45, 7) is 7.22. The minimum Gasteiger partial charge on any atom is -0.495 e. The average molecular weight is 581 g/mol. The van der Waals surface area contributed by atoms with E-state index in [0.717, 1.165) is 29.9 Å². The minimum atomic E-state index is -4.41. The van der Waals surface area contributed by atoms with Gasteiger partial charge in [-0.3, -0.25) is 0 Å². The number of fused-ring (bicyclic) bond motifs is 1. The van der Waals surface area contributed by atoms with Crippen LogP contribution in [-0.2, 0) is 11.0 Å². The number of methoxy groups -OCH3 is 1. The molecule has 2 atom stereocenters. The number of ether oxygens (including phenoxy) is 1. The zero-order valence-corrected chi connectivity index (χ0v) is 24.1. The van der Waals surface area contributed by atoms with Gasteiger partial charge in [-0.1, -0.05) is 30.9 Å². The fourth-order valence-electron chi connectivity index (χ4n) is 4.87. The van der Waals surface area contributed by atoms with Crippen LogP contribution < -0.4 is 20.7 Å². The Morgan fingerprint density at radius 1 is 1.26 bits per heavy atom. The molecule has 0 spiro atoms. The highest BCUT2D eigenvalue weighted by Crippen LogP contribution is 2.40. The number of thiophene rings is 1. The van der Waals surface area contributed by atoms with Gasteiger partial charge in [0.05, 0.1) is 45.1 Å². The number of nitrogens with zero attached hydrogens (tertiary/aromatic N) is 1. The van der Waals surface area contributed by atoms with Gasteiger partial charge in [0.2, 0.25) is 0 Å². The molecule has 3 aromatic rings. The molecule has 1 saturated heterocycles. The van der Waals surface area contributed by atoms with E-state index in [4.69, 9.17) is 8.85 Å². The summed E-state index contributed by atoms with van der Waals surface area (Å²) in [5, 5.41) is 7.57. The van der Waals surface area contributed by atoms with Gasteiger partial charge < -0.3 is 24.8 Å². The van der Waals surface area contributed by atoms with Crippen LogP contribution in [0.4, 0.5) is 24.5 Å². The number of halogens is 3. The number of hydrogen-bond acceptors (Lipinski definition) is 6. The van der Waals surface area contributed by atoms with Crippen LogP contribution in [0, 0.1) is 17.8 Å². The normalized spacial score (nSPS) is 19.9. The molecule has 4 rings (SSSR count). The van der Waals surface area contributed by atoms with Crippen LogP contribution in [0.5, 0.6) is 5.75 Å². The summed E-state index contributed by atoms with van der Waals surface area (Å²) >= 11 is 1.24. The predicted molar refractivity (Wildman–Crippen MR) is 158 cm³/mol. The number of nitrogens with one attached hydrogen (secondary N) is 2. The van der Waals surface area contributed by atoms with E-state index in [0.29, 0.717) is 27.2 Å². The van der Waals surface area contributed by atoms with Gasteiger partial charge in [0.25, 0.3) is 0 Å². The first kappa shape index (κ1) is 25.3. The molecular weight excluding hydrogens is 542 g/mol. The zero-order chi connectivity index (χ0) is 30.9. The van der Waals surface area contributed by atoms with Gasteiger partial charge in [-0.05, 0) is 74.5 Å². The van der Waals surface area contributed by atoms with Gasteiger partial charge in [-0.15, -0.1) is 11.3 Å². The van der Waals surface area contributed by atoms with Gasteiger partial charge in [0.1, 0.15) is 12.9 Å². The third-order valence-corrected chi connectivity index (χ3v) is 9.63. The molecule has 0 aliphatic carbocycles. The molecule has 0 unspecified atom stereocenters. The fourth-order valence-corrected chi connectivity index (χ4v) is 6.90. The molecule has 0 amide bonds. The van der Waals surface area contributed by atoms with Crippen molar-refractivity contribution in [2.24, 2.45) is 5.92 Å². The van der Waals surface area contributed by atoms with Gasteiger partial charge in [-0.2, -0.15) is 13.2 Å². The lowest BCUT2D eigenvalue weighted by Crippen LogP contribution is -2.43. The van der Waals surface area contributed by atoms with Crippen molar-refractivity contribution in [2.75, 3.05) is 57.7 Å². The van der Waals surface area contributed by atoms with Crippen LogP contribution in [0.1, 0.15) is 27.9 Å². The molecule has 2 aromatic carbocycles. The maximum Gasteiger partial charge on any atom is 0.393 e. The Kier molecular flexibility index (Phi) is 7.68. The summed E-state index contributed by atoms with van der Waals surface area (Å²) in [5.41, 5.74) is 1.28. The summed E-state index contributed by atoms with van der Waals surface area (Å²) in [6.07, 6.45) is -4.56. The first-order valence-corrected chi connectivity index (χ1v) is 16.1. The van der Waals surface area contributed by atoms with Crippen LogP contribution in [0.15, 0.2) is 36.4 Å². The summed E-state index contributed by atoms with van der Waals surface area (Å²) < 4.78 is 81.7. The van der Waals surface area contributed by atoms with E-state index in [1.165, 1.54) is 17.4 Å². The molecule has 0 radical (unpaired) electrons. The molecule has 5 nitrogen and oxygen atoms in total. The maximum atomic E-state index is 13.6. The Labute approximate surface area is 236 Å². The van der Waals surface area contributed by atoms with Gasteiger partial charge >= 0.3 is 6.18 Å². The molecule has 1 fully saturated rings. The lowest BCUT2D eigenvalue weighted by molar-refractivity contribution is -0.126. The number of likely N-dealkylation sites (tertiary alicyclic amines) is 1. The van der Waals surface area contributed by atoms with E-state index in [2.05, 4.69) is 41.3 Å². The number of piperidine rings is 1. The van der Waals surface area contributed by atoms with Crippen LogP contribution >= 0.6 is 18.5 Å². The molecule has 0 saturated carbocycles. The monoisotopic (exact) mass is 580 g/mol. The predicted octanol–water partition coefficient (Wildman–Crippen LogP) is 6.48. The number of alkyl halides is 3. The summed E-state index contributed by atoms with van der Waals surface area (Å²) in [5.74, 6) is 6.19. The van der Waals surface area contributed by atoms with Gasteiger partial charge in [0.15, 0.2) is 0 Å². The Balaban J connectivity index is 1.62. The second-order valence-electron chi connectivity index (χ2n) is 10.5. The van der Waals surface area contributed by atoms with Crippen LogP contribution in [0.25, 0.3) is 10.1 Å². The van der Waals surface area contributed by atoms with Crippen molar-refractivity contribution < 1.29 is 26.6 Å². The van der Waals surface area contributed by atoms with Gasteiger partial charge in [0, 0.05) is 17.9 Å². The Morgan fingerprint density at radius 3 is 2.74 bits per heavy atom. The third-order valence-electron chi connectivity index (χ3n) is 6.91. The minimum absolute atomic E-state index is 0.00306. The Bertz CT molecular complexity index is 1540. The van der Waals surface area contributed by atoms with E-state index in [9.17, 15) is 17.7 Å². The molecule has 39 heavy (non-hydrogen) atoms. The SMILES string of the molecule is [2H]C([2H])([2H])Oc1cc(P(C)(C)=O)ccc1NCC#Cc1sc2c(N[C@H]3CCN(C)C[C@H]3C)cccc2c1CC(F)(F)F. The molecule has 1 aliphatic rings. The Morgan fingerprint density at radius 2 is 2.05 bits per heavy atom. The van der Waals surface area contributed by atoms with Crippen molar-refractivity contribution in [1.82, 2.24) is 4.90 Å². The van der Waals surface area contributed by atoms with E-state index >= 15 is 0 Å². The smallest absolute Gasteiger partial charge is 0.393 e. The van der Waals surface area contributed by atoms with E-state index < -0.39 is 26.8 Å². The highest BCUT2D eigenvalue weighted by atomic mass is 32.1. The van der Waals surface area contributed by atoms with Crippen LogP contribution in [-0.4, -0.2) is 64.2 Å². The molecular formula is C29H35F3N3O2PS. The van der Waals surface area contributed by atoms with Crippen molar-refractivity contribution in [3.05, 3.63) is 46.8 Å². The summed E-state index contributed by atoms with van der Waals surface area (Å²) in [4.78, 5) is 2.61. The van der Waals surface area contributed by atoms with Crippen molar-refractivity contribution in [3.63, 3.8) is 0 Å². The van der Waals surface area contributed by atoms with E-state index in [-0.39, 0.29) is 23.9 Å². The summed E-state index contributed by atoms with van der Waals surface area (Å²) in [7, 11) is -3.32. The molecule has 10 heteroatoms. The Hall–Kier alpha value is -2.66. The second kappa shape index (κ2) is 11.8.